The number of aromatic hydroxyl groups is 1. The quantitative estimate of drug-likeness (QED) is 0.720. The Labute approximate surface area is 126 Å². The van der Waals surface area contributed by atoms with Gasteiger partial charge in [0.25, 0.3) is 0 Å². The fourth-order valence-corrected chi connectivity index (χ4v) is 2.47. The topological polar surface area (TPSA) is 95.4 Å². The molecule has 0 amide bonds. The number of phenols is 1. The summed E-state index contributed by atoms with van der Waals surface area (Å²) >= 11 is 5.21. The third kappa shape index (κ3) is 2.74. The van der Waals surface area contributed by atoms with E-state index in [1.54, 1.807) is 18.3 Å². The first kappa shape index (κ1) is 13.6. The Balaban J connectivity index is 1.70. The third-order valence-corrected chi connectivity index (χ3v) is 3.46. The summed E-state index contributed by atoms with van der Waals surface area (Å²) in [7, 11) is 0. The van der Waals surface area contributed by atoms with Gasteiger partial charge in [-0.25, -0.2) is 9.98 Å². The Kier molecular flexibility index (Phi) is 3.59. The summed E-state index contributed by atoms with van der Waals surface area (Å²) in [5.74, 6) is 0.932. The molecule has 0 spiro atoms. The number of fused-ring (bicyclic) bond motifs is 1. The number of phenolic OH excluding ortho intramolecular Hbond substituents is 1. The molecular weight excluding hydrogens is 286 g/mol. The lowest BCUT2D eigenvalue weighted by Gasteiger charge is -2.10. The first-order valence-corrected chi connectivity index (χ1v) is 6.78. The Hall–Kier alpha value is -2.38. The Morgan fingerprint density at radius 2 is 2.00 bits per heavy atom. The van der Waals surface area contributed by atoms with Gasteiger partial charge in [0.15, 0.2) is 5.84 Å². The smallest absolute Gasteiger partial charge is 0.223 e. The van der Waals surface area contributed by atoms with Crippen molar-refractivity contribution in [3.05, 3.63) is 41.0 Å². The average Bonchev–Trinajstić information content (AvgIpc) is 2.84. The summed E-state index contributed by atoms with van der Waals surface area (Å²) in [5, 5.41) is 13.0. The highest BCUT2D eigenvalue weighted by Gasteiger charge is 2.24. The second-order valence-electron chi connectivity index (χ2n) is 4.60. The molecule has 0 saturated carbocycles. The van der Waals surface area contributed by atoms with Gasteiger partial charge in [0.1, 0.15) is 10.7 Å². The van der Waals surface area contributed by atoms with Gasteiger partial charge >= 0.3 is 0 Å². The Bertz CT molecular complexity index is 733. The monoisotopic (exact) mass is 299 g/mol. The number of nitrogens with one attached hydrogen (secondary N) is 1. The second kappa shape index (κ2) is 5.55. The lowest BCUT2D eigenvalue weighted by atomic mass is 10.1. The van der Waals surface area contributed by atoms with Crippen LogP contribution in [0.3, 0.4) is 0 Å². The number of thiocarbonyl (C=S) groups is 1. The maximum absolute atomic E-state index is 9.71. The van der Waals surface area contributed by atoms with Gasteiger partial charge < -0.3 is 16.2 Å². The zero-order valence-corrected chi connectivity index (χ0v) is 11.9. The maximum Gasteiger partial charge on any atom is 0.223 e. The van der Waals surface area contributed by atoms with Crippen molar-refractivity contribution in [1.29, 1.82) is 0 Å². The van der Waals surface area contributed by atoms with Crippen LogP contribution in [0.25, 0.3) is 0 Å². The number of rotatable bonds is 4. The third-order valence-electron chi connectivity index (χ3n) is 3.16. The molecule has 2 aliphatic heterocycles. The van der Waals surface area contributed by atoms with Crippen molar-refractivity contribution in [2.24, 2.45) is 20.7 Å². The summed E-state index contributed by atoms with van der Waals surface area (Å²) in [5.41, 5.74) is 8.06. The van der Waals surface area contributed by atoms with Crippen LogP contribution in [-0.2, 0) is 6.54 Å². The lowest BCUT2D eigenvalue weighted by Crippen LogP contribution is -2.24. The van der Waals surface area contributed by atoms with Gasteiger partial charge in [-0.1, -0.05) is 30.4 Å². The van der Waals surface area contributed by atoms with Crippen LogP contribution >= 0.6 is 12.2 Å². The molecule has 0 radical (unpaired) electrons. The SMILES string of the molecule is NC1=NC(=S)C2=C(CNCc3ccccc3O)C=NC2=N1. The molecule has 1 aromatic rings. The number of nitrogens with zero attached hydrogens (tertiary/aromatic N) is 3. The van der Waals surface area contributed by atoms with E-state index in [4.69, 9.17) is 18.0 Å². The number of para-hydroxylation sites is 1. The van der Waals surface area contributed by atoms with Gasteiger partial charge in [0.2, 0.25) is 5.96 Å². The van der Waals surface area contributed by atoms with Crippen molar-refractivity contribution in [3.8, 4) is 5.75 Å². The molecule has 0 saturated heterocycles. The maximum atomic E-state index is 9.71. The predicted molar refractivity (Wildman–Crippen MR) is 87.0 cm³/mol. The zero-order valence-electron chi connectivity index (χ0n) is 11.1. The van der Waals surface area contributed by atoms with Crippen molar-refractivity contribution in [2.45, 2.75) is 6.54 Å². The normalized spacial score (nSPS) is 16.9. The molecule has 0 aliphatic carbocycles. The van der Waals surface area contributed by atoms with Crippen LogP contribution < -0.4 is 11.1 Å². The predicted octanol–water partition coefficient (Wildman–Crippen LogP) is 0.917. The van der Waals surface area contributed by atoms with Crippen molar-refractivity contribution in [2.75, 3.05) is 6.54 Å². The molecule has 0 fully saturated rings. The largest absolute Gasteiger partial charge is 0.508 e. The number of nitrogens with two attached hydrogens (primary N) is 1. The van der Waals surface area contributed by atoms with Crippen LogP contribution in [-0.4, -0.2) is 34.6 Å². The molecule has 6 nitrogen and oxygen atoms in total. The van der Waals surface area contributed by atoms with E-state index in [1.807, 2.05) is 12.1 Å². The minimum atomic E-state index is 0.138. The Morgan fingerprint density at radius 1 is 1.19 bits per heavy atom. The van der Waals surface area contributed by atoms with E-state index in [2.05, 4.69) is 20.3 Å². The van der Waals surface area contributed by atoms with E-state index < -0.39 is 0 Å². The second-order valence-corrected chi connectivity index (χ2v) is 4.99. The molecule has 7 heteroatoms. The van der Waals surface area contributed by atoms with Crippen LogP contribution in [0.15, 0.2) is 50.4 Å². The molecule has 0 atom stereocenters. The molecule has 0 unspecified atom stereocenters. The number of benzene rings is 1. The van der Waals surface area contributed by atoms with E-state index >= 15 is 0 Å². The van der Waals surface area contributed by atoms with Crippen molar-refractivity contribution >= 4 is 35.2 Å². The molecular formula is C14H13N5OS. The molecule has 0 aromatic heterocycles. The van der Waals surface area contributed by atoms with Crippen molar-refractivity contribution < 1.29 is 5.11 Å². The molecule has 4 N–H and O–H groups in total. The fourth-order valence-electron chi connectivity index (χ4n) is 2.15. The van der Waals surface area contributed by atoms with Crippen LogP contribution in [0.5, 0.6) is 5.75 Å². The summed E-state index contributed by atoms with van der Waals surface area (Å²) in [6.07, 6.45) is 1.71. The zero-order chi connectivity index (χ0) is 14.8. The van der Waals surface area contributed by atoms with Crippen molar-refractivity contribution in [1.82, 2.24) is 5.32 Å². The van der Waals surface area contributed by atoms with Gasteiger partial charge in [0, 0.05) is 24.9 Å². The number of hydrogen-bond donors (Lipinski definition) is 3. The number of amidine groups is 1. The molecule has 21 heavy (non-hydrogen) atoms. The molecule has 2 heterocycles. The number of aliphatic imine (C=N–C) groups is 3. The summed E-state index contributed by atoms with van der Waals surface area (Å²) < 4.78 is 0. The van der Waals surface area contributed by atoms with E-state index in [0.29, 0.717) is 23.9 Å². The standard InChI is InChI=1S/C14H13N5OS/c15-14-18-12-11(13(21)19-14)9(7-17-12)6-16-5-8-3-1-2-4-10(8)20/h1-4,7,16,20H,5-6H2,(H2,15,19,21). The molecule has 1 aromatic carbocycles. The summed E-state index contributed by atoms with van der Waals surface area (Å²) in [4.78, 5) is 12.7. The van der Waals surface area contributed by atoms with Crippen LogP contribution in [0.2, 0.25) is 0 Å². The van der Waals surface area contributed by atoms with E-state index in [0.717, 1.165) is 16.7 Å². The van der Waals surface area contributed by atoms with Crippen molar-refractivity contribution in [3.63, 3.8) is 0 Å². The van der Waals surface area contributed by atoms with Crippen LogP contribution in [0.4, 0.5) is 0 Å². The van der Waals surface area contributed by atoms with Gasteiger partial charge in [-0.2, -0.15) is 4.99 Å². The van der Waals surface area contributed by atoms with E-state index in [-0.39, 0.29) is 11.7 Å². The molecule has 3 rings (SSSR count). The Morgan fingerprint density at radius 3 is 2.81 bits per heavy atom. The lowest BCUT2D eigenvalue weighted by molar-refractivity contribution is 0.465. The first-order chi connectivity index (χ1) is 10.1. The average molecular weight is 299 g/mol. The van der Waals surface area contributed by atoms with Crippen LogP contribution in [0.1, 0.15) is 5.56 Å². The van der Waals surface area contributed by atoms with Gasteiger partial charge in [-0.15, -0.1) is 0 Å². The minimum absolute atomic E-state index is 0.138. The van der Waals surface area contributed by atoms with Crippen LogP contribution in [0, 0.1) is 0 Å². The highest BCUT2D eigenvalue weighted by molar-refractivity contribution is 7.81. The minimum Gasteiger partial charge on any atom is -0.508 e. The number of hydrogen-bond acceptors (Lipinski definition) is 6. The summed E-state index contributed by atoms with van der Waals surface area (Å²) in [6.45, 7) is 1.10. The van der Waals surface area contributed by atoms with Gasteiger partial charge in [-0.05, 0) is 11.6 Å². The van der Waals surface area contributed by atoms with Gasteiger partial charge in [0.05, 0.1) is 5.57 Å². The van der Waals surface area contributed by atoms with E-state index in [9.17, 15) is 5.11 Å². The fraction of sp³-hybridized carbons (Fsp3) is 0.143. The summed E-state index contributed by atoms with van der Waals surface area (Å²) in [6, 6.07) is 7.20. The highest BCUT2D eigenvalue weighted by atomic mass is 32.1. The number of guanidine groups is 1. The van der Waals surface area contributed by atoms with Gasteiger partial charge in [-0.3, -0.25) is 0 Å². The highest BCUT2D eigenvalue weighted by Crippen LogP contribution is 2.19. The molecule has 2 aliphatic rings. The molecule has 106 valence electrons. The first-order valence-electron chi connectivity index (χ1n) is 6.37. The van der Waals surface area contributed by atoms with E-state index in [1.165, 1.54) is 0 Å². The molecule has 0 bridgehead atoms.